The molecule has 0 unspecified atom stereocenters. The largest absolute Gasteiger partial charge is 0.508 e. The minimum Gasteiger partial charge on any atom is -0.508 e. The van der Waals surface area contributed by atoms with Gasteiger partial charge in [-0.15, -0.1) is 0 Å². The molecule has 0 radical (unpaired) electrons. The number of phenolic OH excluding ortho intramolecular Hbond substituents is 1. The van der Waals surface area contributed by atoms with Crippen molar-refractivity contribution in [1.29, 1.82) is 0 Å². The van der Waals surface area contributed by atoms with Gasteiger partial charge in [0.15, 0.2) is 0 Å². The number of hydrogen-bond donors (Lipinski definition) is 2. The van der Waals surface area contributed by atoms with Gasteiger partial charge in [-0.3, -0.25) is 4.79 Å². The van der Waals surface area contributed by atoms with Crippen molar-refractivity contribution < 1.29 is 27.8 Å². The molecule has 0 aliphatic rings. The molecule has 1 aromatic rings. The smallest absolute Gasteiger partial charge is 0.411 e. The molecular formula is C14H18F3NO3. The Morgan fingerprint density at radius 2 is 2.00 bits per heavy atom. The van der Waals surface area contributed by atoms with Gasteiger partial charge in [-0.1, -0.05) is 18.2 Å². The van der Waals surface area contributed by atoms with E-state index in [4.69, 9.17) is 0 Å². The Labute approximate surface area is 120 Å². The van der Waals surface area contributed by atoms with Crippen molar-refractivity contribution in [3.05, 3.63) is 29.8 Å². The summed E-state index contributed by atoms with van der Waals surface area (Å²) < 4.78 is 39.7. The van der Waals surface area contributed by atoms with Crippen LogP contribution in [-0.4, -0.2) is 36.9 Å². The molecule has 0 heterocycles. The van der Waals surface area contributed by atoms with Crippen LogP contribution in [0.25, 0.3) is 0 Å². The average Bonchev–Trinajstić information content (AvgIpc) is 2.40. The first-order chi connectivity index (χ1) is 9.88. The lowest BCUT2D eigenvalue weighted by molar-refractivity contribution is -0.174. The summed E-state index contributed by atoms with van der Waals surface area (Å²) in [4.78, 5) is 11.5. The van der Waals surface area contributed by atoms with Crippen LogP contribution in [0.3, 0.4) is 0 Å². The maximum Gasteiger partial charge on any atom is 0.411 e. The van der Waals surface area contributed by atoms with Gasteiger partial charge in [0, 0.05) is 19.6 Å². The Morgan fingerprint density at radius 1 is 1.29 bits per heavy atom. The second-order valence-electron chi connectivity index (χ2n) is 4.50. The predicted octanol–water partition coefficient (Wildman–Crippen LogP) is 2.41. The van der Waals surface area contributed by atoms with E-state index in [9.17, 15) is 23.1 Å². The summed E-state index contributed by atoms with van der Waals surface area (Å²) in [5.41, 5.74) is 0.682. The van der Waals surface area contributed by atoms with E-state index >= 15 is 0 Å². The number of aromatic hydroxyl groups is 1. The lowest BCUT2D eigenvalue weighted by Gasteiger charge is -2.08. The number of hydrogen-bond acceptors (Lipinski definition) is 3. The molecule has 118 valence electrons. The molecule has 0 saturated heterocycles. The van der Waals surface area contributed by atoms with Crippen LogP contribution in [0.4, 0.5) is 13.2 Å². The third-order valence-electron chi connectivity index (χ3n) is 2.67. The minimum atomic E-state index is -4.32. The molecule has 0 bridgehead atoms. The number of amides is 1. The summed E-state index contributed by atoms with van der Waals surface area (Å²) in [5.74, 6) is -0.0695. The van der Waals surface area contributed by atoms with Crippen molar-refractivity contribution in [3.8, 4) is 5.75 Å². The van der Waals surface area contributed by atoms with Gasteiger partial charge in [0.1, 0.15) is 12.4 Å². The van der Waals surface area contributed by atoms with E-state index in [1.165, 1.54) is 0 Å². The average molecular weight is 305 g/mol. The van der Waals surface area contributed by atoms with Crippen molar-refractivity contribution in [1.82, 2.24) is 5.32 Å². The summed E-state index contributed by atoms with van der Waals surface area (Å²) in [6.45, 7) is -1.06. The number of phenols is 1. The Kier molecular flexibility index (Phi) is 7.01. The van der Waals surface area contributed by atoms with Crippen LogP contribution < -0.4 is 5.32 Å². The van der Waals surface area contributed by atoms with Gasteiger partial charge >= 0.3 is 6.18 Å². The number of carbonyl (C=O) groups excluding carboxylic acids is 1. The zero-order valence-electron chi connectivity index (χ0n) is 11.4. The highest BCUT2D eigenvalue weighted by Crippen LogP contribution is 2.17. The molecule has 0 spiro atoms. The van der Waals surface area contributed by atoms with E-state index < -0.39 is 12.8 Å². The van der Waals surface area contributed by atoms with Crippen LogP contribution in [-0.2, 0) is 16.0 Å². The molecule has 0 aliphatic heterocycles. The number of aryl methyl sites for hydroxylation is 1. The maximum atomic E-state index is 11.8. The first kappa shape index (κ1) is 17.3. The number of alkyl halides is 3. The van der Waals surface area contributed by atoms with E-state index in [0.29, 0.717) is 18.4 Å². The number of benzene rings is 1. The van der Waals surface area contributed by atoms with E-state index in [2.05, 4.69) is 10.1 Å². The van der Waals surface area contributed by atoms with Gasteiger partial charge in [0.05, 0.1) is 0 Å². The fourth-order valence-electron chi connectivity index (χ4n) is 1.65. The summed E-state index contributed by atoms with van der Waals surface area (Å²) >= 11 is 0. The summed E-state index contributed by atoms with van der Waals surface area (Å²) in [6, 6.07) is 6.74. The third-order valence-corrected chi connectivity index (χ3v) is 2.67. The second-order valence-corrected chi connectivity index (χ2v) is 4.50. The molecule has 4 nitrogen and oxygen atoms in total. The topological polar surface area (TPSA) is 58.6 Å². The van der Waals surface area contributed by atoms with Gasteiger partial charge < -0.3 is 15.2 Å². The first-order valence-corrected chi connectivity index (χ1v) is 6.56. The Balaban J connectivity index is 2.08. The molecule has 0 fully saturated rings. The normalized spacial score (nSPS) is 11.4. The van der Waals surface area contributed by atoms with E-state index in [0.717, 1.165) is 0 Å². The molecule has 0 atom stereocenters. The molecule has 0 aromatic heterocycles. The fraction of sp³-hybridized carbons (Fsp3) is 0.500. The SMILES string of the molecule is O=C(CCc1ccccc1O)NCCCOCC(F)(F)F. The molecule has 0 aliphatic carbocycles. The van der Waals surface area contributed by atoms with Gasteiger partial charge in [0.2, 0.25) is 5.91 Å². The van der Waals surface area contributed by atoms with Gasteiger partial charge in [-0.2, -0.15) is 13.2 Å². The van der Waals surface area contributed by atoms with Crippen LogP contribution in [0.1, 0.15) is 18.4 Å². The zero-order chi connectivity index (χ0) is 15.7. The number of rotatable bonds is 8. The molecule has 7 heteroatoms. The molecule has 21 heavy (non-hydrogen) atoms. The number of para-hydroxylation sites is 1. The van der Waals surface area contributed by atoms with Gasteiger partial charge in [-0.25, -0.2) is 0 Å². The molecule has 1 rings (SSSR count). The van der Waals surface area contributed by atoms with Crippen LogP contribution in [0.5, 0.6) is 5.75 Å². The lowest BCUT2D eigenvalue weighted by Crippen LogP contribution is -2.26. The van der Waals surface area contributed by atoms with Crippen molar-refractivity contribution >= 4 is 5.91 Å². The predicted molar refractivity (Wildman–Crippen MR) is 70.9 cm³/mol. The van der Waals surface area contributed by atoms with Crippen LogP contribution in [0.15, 0.2) is 24.3 Å². The maximum absolute atomic E-state index is 11.8. The van der Waals surface area contributed by atoms with Crippen molar-refractivity contribution in [2.24, 2.45) is 0 Å². The van der Waals surface area contributed by atoms with Crippen LogP contribution in [0.2, 0.25) is 0 Å². The standard InChI is InChI=1S/C14H18F3NO3/c15-14(16,17)10-21-9-3-8-18-13(20)7-6-11-4-1-2-5-12(11)19/h1-2,4-5,19H,3,6-10H2,(H,18,20). The number of halogens is 3. The quantitative estimate of drug-likeness (QED) is 0.725. The lowest BCUT2D eigenvalue weighted by atomic mass is 10.1. The van der Waals surface area contributed by atoms with Gasteiger partial charge in [0.25, 0.3) is 0 Å². The van der Waals surface area contributed by atoms with Gasteiger partial charge in [-0.05, 0) is 24.5 Å². The van der Waals surface area contributed by atoms with Crippen molar-refractivity contribution in [2.45, 2.75) is 25.4 Å². The Hall–Kier alpha value is -1.76. The monoisotopic (exact) mass is 305 g/mol. The Bertz CT molecular complexity index is 449. The first-order valence-electron chi connectivity index (χ1n) is 6.56. The number of carbonyl (C=O) groups is 1. The highest BCUT2D eigenvalue weighted by atomic mass is 19.4. The minimum absolute atomic E-state index is 0.0563. The highest BCUT2D eigenvalue weighted by molar-refractivity contribution is 5.76. The fourth-order valence-corrected chi connectivity index (χ4v) is 1.65. The second kappa shape index (κ2) is 8.51. The van der Waals surface area contributed by atoms with Crippen LogP contribution >= 0.6 is 0 Å². The molecule has 1 aromatic carbocycles. The van der Waals surface area contributed by atoms with E-state index in [1.54, 1.807) is 24.3 Å². The third kappa shape index (κ3) is 8.19. The summed E-state index contributed by atoms with van der Waals surface area (Å²) in [6.07, 6.45) is -3.39. The zero-order valence-corrected chi connectivity index (χ0v) is 11.4. The van der Waals surface area contributed by atoms with Crippen molar-refractivity contribution in [3.63, 3.8) is 0 Å². The summed E-state index contributed by atoms with van der Waals surface area (Å²) in [5, 5.41) is 12.1. The molecule has 0 saturated carbocycles. The summed E-state index contributed by atoms with van der Waals surface area (Å²) in [7, 11) is 0. The molecule has 2 N–H and O–H groups in total. The number of nitrogens with one attached hydrogen (secondary N) is 1. The van der Waals surface area contributed by atoms with E-state index in [-0.39, 0.29) is 31.2 Å². The number of ether oxygens (including phenoxy) is 1. The molecule has 1 amide bonds. The van der Waals surface area contributed by atoms with Crippen LogP contribution in [0, 0.1) is 0 Å². The molecular weight excluding hydrogens is 287 g/mol. The van der Waals surface area contributed by atoms with Crippen molar-refractivity contribution in [2.75, 3.05) is 19.8 Å². The highest BCUT2D eigenvalue weighted by Gasteiger charge is 2.27. The van der Waals surface area contributed by atoms with E-state index in [1.807, 2.05) is 0 Å². The Morgan fingerprint density at radius 3 is 2.67 bits per heavy atom.